The molecule has 96 valence electrons. The van der Waals surface area contributed by atoms with Gasteiger partial charge in [0.15, 0.2) is 29.1 Å². The van der Waals surface area contributed by atoms with Crippen molar-refractivity contribution in [1.82, 2.24) is 0 Å². The molecule has 0 aromatic heterocycles. The Hall–Kier alpha value is -1.39. The number of hydrogen-bond donors (Lipinski definition) is 0. The van der Waals surface area contributed by atoms with E-state index in [-0.39, 0.29) is 5.56 Å². The van der Waals surface area contributed by atoms with E-state index in [1.165, 1.54) is 0 Å². The smallest absolute Gasteiger partial charge is 0.198 e. The van der Waals surface area contributed by atoms with Crippen LogP contribution in [-0.2, 0) is 0 Å². The van der Waals surface area contributed by atoms with Crippen molar-refractivity contribution < 1.29 is 22.4 Å². The summed E-state index contributed by atoms with van der Waals surface area (Å²) in [6.45, 7) is 1.66. The fourth-order valence-corrected chi connectivity index (χ4v) is 3.25. The third kappa shape index (κ3) is 1.19. The third-order valence-electron chi connectivity index (χ3n) is 4.23. The van der Waals surface area contributed by atoms with Crippen LogP contribution in [0.25, 0.3) is 0 Å². The highest BCUT2D eigenvalue weighted by Crippen LogP contribution is 2.54. The molecule has 0 amide bonds. The molecule has 2 aliphatic carbocycles. The van der Waals surface area contributed by atoms with Gasteiger partial charge in [0.2, 0.25) is 0 Å². The van der Waals surface area contributed by atoms with Crippen LogP contribution in [0.1, 0.15) is 48.0 Å². The SMILES string of the molecule is CC12CCC(C1)c1c(F)c(F)c(F)c(F)c1C2=O. The molecular weight excluding hydrogens is 248 g/mol. The molecule has 0 heterocycles. The first-order valence-corrected chi connectivity index (χ1v) is 5.77. The van der Waals surface area contributed by atoms with Crippen LogP contribution in [0.5, 0.6) is 0 Å². The van der Waals surface area contributed by atoms with Gasteiger partial charge in [0.1, 0.15) is 0 Å². The van der Waals surface area contributed by atoms with Gasteiger partial charge in [0.25, 0.3) is 0 Å². The minimum absolute atomic E-state index is 0.272. The second kappa shape index (κ2) is 3.33. The zero-order chi connectivity index (χ0) is 13.2. The van der Waals surface area contributed by atoms with Gasteiger partial charge < -0.3 is 0 Å². The van der Waals surface area contributed by atoms with Gasteiger partial charge in [0.05, 0.1) is 5.56 Å². The van der Waals surface area contributed by atoms with Crippen LogP contribution in [0, 0.1) is 28.7 Å². The maximum Gasteiger partial charge on any atom is 0.198 e. The number of hydrogen-bond acceptors (Lipinski definition) is 1. The fourth-order valence-electron chi connectivity index (χ4n) is 3.25. The van der Waals surface area contributed by atoms with Gasteiger partial charge in [-0.25, -0.2) is 17.6 Å². The predicted octanol–water partition coefficient (Wildman–Crippen LogP) is 3.71. The second-order valence-electron chi connectivity index (χ2n) is 5.37. The van der Waals surface area contributed by atoms with Gasteiger partial charge >= 0.3 is 0 Å². The van der Waals surface area contributed by atoms with Crippen molar-refractivity contribution in [2.24, 2.45) is 5.41 Å². The number of Topliss-reactive ketones (excluding diaryl/α,β-unsaturated/α-hetero) is 1. The van der Waals surface area contributed by atoms with Crippen LogP contribution in [0.4, 0.5) is 17.6 Å². The fraction of sp³-hybridized carbons (Fsp3) is 0.462. The zero-order valence-electron chi connectivity index (χ0n) is 9.62. The summed E-state index contributed by atoms with van der Waals surface area (Å²) in [7, 11) is 0. The Balaban J connectivity index is 2.38. The summed E-state index contributed by atoms with van der Waals surface area (Å²) in [4.78, 5) is 12.1. The Kier molecular flexibility index (Phi) is 2.17. The van der Waals surface area contributed by atoms with Gasteiger partial charge in [-0.05, 0) is 25.2 Å². The molecule has 1 saturated carbocycles. The Labute approximate surface area is 101 Å². The minimum atomic E-state index is -1.90. The summed E-state index contributed by atoms with van der Waals surface area (Å²) < 4.78 is 53.9. The summed E-state index contributed by atoms with van der Waals surface area (Å²) >= 11 is 0. The molecule has 1 fully saturated rings. The van der Waals surface area contributed by atoms with Crippen LogP contribution < -0.4 is 0 Å². The zero-order valence-corrected chi connectivity index (χ0v) is 9.62. The standard InChI is InChI=1S/C13H10F4O/c1-13-3-2-5(4-13)6-7(12(13)18)9(15)11(17)10(16)8(6)14/h5H,2-4H2,1H3. The Morgan fingerprint density at radius 2 is 1.67 bits per heavy atom. The van der Waals surface area contributed by atoms with Crippen LogP contribution in [0.2, 0.25) is 0 Å². The topological polar surface area (TPSA) is 17.1 Å². The number of carbonyl (C=O) groups is 1. The van der Waals surface area contributed by atoms with E-state index in [4.69, 9.17) is 0 Å². The van der Waals surface area contributed by atoms with Crippen molar-refractivity contribution in [2.75, 3.05) is 0 Å². The molecule has 18 heavy (non-hydrogen) atoms. The monoisotopic (exact) mass is 258 g/mol. The largest absolute Gasteiger partial charge is 0.293 e. The quantitative estimate of drug-likeness (QED) is 0.394. The molecule has 2 aliphatic rings. The lowest BCUT2D eigenvalue weighted by Gasteiger charge is -2.30. The van der Waals surface area contributed by atoms with Crippen molar-refractivity contribution in [3.63, 3.8) is 0 Å². The van der Waals surface area contributed by atoms with Crippen molar-refractivity contribution in [2.45, 2.75) is 32.1 Å². The van der Waals surface area contributed by atoms with E-state index in [9.17, 15) is 22.4 Å². The molecular formula is C13H10F4O. The van der Waals surface area contributed by atoms with Crippen LogP contribution in [0.3, 0.4) is 0 Å². The molecule has 1 aromatic carbocycles. The summed E-state index contributed by atoms with van der Waals surface area (Å²) in [5.74, 6) is -7.69. The summed E-state index contributed by atoms with van der Waals surface area (Å²) in [6.07, 6.45) is 1.37. The van der Waals surface area contributed by atoms with Gasteiger partial charge in [-0.3, -0.25) is 4.79 Å². The first-order chi connectivity index (χ1) is 8.37. The van der Waals surface area contributed by atoms with Crippen LogP contribution >= 0.6 is 0 Å². The van der Waals surface area contributed by atoms with Crippen molar-refractivity contribution in [1.29, 1.82) is 0 Å². The van der Waals surface area contributed by atoms with Gasteiger partial charge in [-0.15, -0.1) is 0 Å². The predicted molar refractivity (Wildman–Crippen MR) is 55.3 cm³/mol. The number of fused-ring (bicyclic) bond motifs is 4. The molecule has 5 heteroatoms. The lowest BCUT2D eigenvalue weighted by molar-refractivity contribution is 0.0801. The van der Waals surface area contributed by atoms with E-state index < -0.39 is 45.9 Å². The Morgan fingerprint density at radius 3 is 2.33 bits per heavy atom. The van der Waals surface area contributed by atoms with Crippen molar-refractivity contribution >= 4 is 5.78 Å². The number of rotatable bonds is 0. The van der Waals surface area contributed by atoms with Gasteiger partial charge in [-0.1, -0.05) is 6.92 Å². The van der Waals surface area contributed by atoms with E-state index in [0.717, 1.165) is 0 Å². The van der Waals surface area contributed by atoms with Crippen molar-refractivity contribution in [3.05, 3.63) is 34.4 Å². The second-order valence-corrected chi connectivity index (χ2v) is 5.37. The van der Waals surface area contributed by atoms with E-state index >= 15 is 0 Å². The first-order valence-electron chi connectivity index (χ1n) is 5.77. The summed E-state index contributed by atoms with van der Waals surface area (Å²) in [6, 6.07) is 0. The molecule has 0 spiro atoms. The van der Waals surface area contributed by atoms with Gasteiger partial charge in [-0.2, -0.15) is 0 Å². The molecule has 2 bridgehead atoms. The Morgan fingerprint density at radius 1 is 1.06 bits per heavy atom. The average Bonchev–Trinajstić information content (AvgIpc) is 2.69. The molecule has 0 radical (unpaired) electrons. The van der Waals surface area contributed by atoms with Crippen molar-refractivity contribution in [3.8, 4) is 0 Å². The molecule has 2 atom stereocenters. The maximum absolute atomic E-state index is 13.7. The molecule has 3 rings (SSSR count). The summed E-state index contributed by atoms with van der Waals surface area (Å²) in [5.41, 5.74) is -1.62. The Bertz CT molecular complexity index is 581. The number of benzene rings is 1. The lowest BCUT2D eigenvalue weighted by Crippen LogP contribution is -2.32. The minimum Gasteiger partial charge on any atom is -0.293 e. The highest BCUT2D eigenvalue weighted by molar-refractivity contribution is 6.03. The molecule has 2 unspecified atom stereocenters. The van der Waals surface area contributed by atoms with E-state index in [2.05, 4.69) is 0 Å². The molecule has 0 aliphatic heterocycles. The number of carbonyl (C=O) groups excluding carboxylic acids is 1. The van der Waals surface area contributed by atoms with Crippen LogP contribution in [-0.4, -0.2) is 5.78 Å². The number of ketones is 1. The highest BCUT2D eigenvalue weighted by Gasteiger charge is 2.51. The highest BCUT2D eigenvalue weighted by atomic mass is 19.2. The van der Waals surface area contributed by atoms with Crippen LogP contribution in [0.15, 0.2) is 0 Å². The first kappa shape index (κ1) is 11.7. The normalized spacial score (nSPS) is 29.6. The maximum atomic E-state index is 13.7. The van der Waals surface area contributed by atoms with Gasteiger partial charge in [0, 0.05) is 11.0 Å². The summed E-state index contributed by atoms with van der Waals surface area (Å²) in [5, 5.41) is 0. The molecule has 0 saturated heterocycles. The van der Waals surface area contributed by atoms with E-state index in [0.29, 0.717) is 19.3 Å². The van der Waals surface area contributed by atoms with E-state index in [1.54, 1.807) is 6.92 Å². The average molecular weight is 258 g/mol. The third-order valence-corrected chi connectivity index (χ3v) is 4.23. The lowest BCUT2D eigenvalue weighted by atomic mass is 9.72. The molecule has 1 nitrogen and oxygen atoms in total. The number of halogens is 4. The molecule has 0 N–H and O–H groups in total. The molecule has 1 aromatic rings. The van der Waals surface area contributed by atoms with E-state index in [1.807, 2.05) is 0 Å².